The van der Waals surface area contributed by atoms with Crippen LogP contribution in [-0.2, 0) is 6.42 Å². The van der Waals surface area contributed by atoms with E-state index in [1.165, 1.54) is 73.8 Å². The molecule has 0 saturated carbocycles. The van der Waals surface area contributed by atoms with Crippen molar-refractivity contribution in [2.24, 2.45) is 10.9 Å². The fraction of sp³-hybridized carbons (Fsp3) is 0.542. The van der Waals surface area contributed by atoms with Gasteiger partial charge in [-0.05, 0) is 62.5 Å². The van der Waals surface area contributed by atoms with Crippen molar-refractivity contribution in [3.05, 3.63) is 59.2 Å². The highest BCUT2D eigenvalue weighted by atomic mass is 14.7. The maximum atomic E-state index is 4.90. The van der Waals surface area contributed by atoms with Crippen molar-refractivity contribution in [2.75, 3.05) is 6.54 Å². The second-order valence-corrected chi connectivity index (χ2v) is 7.30. The van der Waals surface area contributed by atoms with Gasteiger partial charge < -0.3 is 0 Å². The molecule has 0 aromatic heterocycles. The van der Waals surface area contributed by atoms with Crippen molar-refractivity contribution in [2.45, 2.75) is 72.1 Å². The molecule has 1 aromatic rings. The van der Waals surface area contributed by atoms with Crippen LogP contribution >= 0.6 is 0 Å². The molecule has 0 spiro atoms. The molecule has 0 fully saturated rings. The molecular weight excluding hydrogens is 302 g/mol. The highest BCUT2D eigenvalue weighted by molar-refractivity contribution is 5.98. The van der Waals surface area contributed by atoms with Crippen LogP contribution < -0.4 is 0 Å². The van der Waals surface area contributed by atoms with E-state index >= 15 is 0 Å². The minimum absolute atomic E-state index is 0.690. The monoisotopic (exact) mass is 337 g/mol. The zero-order chi connectivity index (χ0) is 17.9. The molecule has 1 aliphatic carbocycles. The zero-order valence-electron chi connectivity index (χ0n) is 16.4. The first-order valence-electron chi connectivity index (χ1n) is 10.2. The quantitative estimate of drug-likeness (QED) is 0.411. The second-order valence-electron chi connectivity index (χ2n) is 7.30. The van der Waals surface area contributed by atoms with Crippen LogP contribution in [0.25, 0.3) is 0 Å². The first kappa shape index (κ1) is 19.7. The summed E-state index contributed by atoms with van der Waals surface area (Å²) in [6, 6.07) is 9.01. The van der Waals surface area contributed by atoms with Gasteiger partial charge in [-0.15, -0.1) is 0 Å². The summed E-state index contributed by atoms with van der Waals surface area (Å²) in [4.78, 5) is 4.90. The smallest absolute Gasteiger partial charge is 0.0420 e. The number of aryl methyl sites for hydroxylation is 1. The number of rotatable bonds is 10. The number of aliphatic imine (C=N–C) groups is 1. The van der Waals surface area contributed by atoms with Crippen molar-refractivity contribution < 1.29 is 0 Å². The Balaban J connectivity index is 1.84. The van der Waals surface area contributed by atoms with Gasteiger partial charge in [0.15, 0.2) is 0 Å². The first-order valence-corrected chi connectivity index (χ1v) is 10.2. The number of hydrogen-bond donors (Lipinski definition) is 0. The molecule has 25 heavy (non-hydrogen) atoms. The molecule has 2 rings (SSSR count). The van der Waals surface area contributed by atoms with Crippen LogP contribution in [0.15, 0.2) is 53.1 Å². The normalized spacial score (nSPS) is 16.0. The van der Waals surface area contributed by atoms with Crippen molar-refractivity contribution in [1.29, 1.82) is 0 Å². The molecule has 1 aromatic carbocycles. The van der Waals surface area contributed by atoms with E-state index in [0.717, 1.165) is 6.54 Å². The molecule has 0 heterocycles. The van der Waals surface area contributed by atoms with Gasteiger partial charge >= 0.3 is 0 Å². The molecule has 0 bridgehead atoms. The minimum atomic E-state index is 0.690. The Hall–Kier alpha value is -1.63. The molecule has 0 N–H and O–H groups in total. The summed E-state index contributed by atoms with van der Waals surface area (Å²) in [6.45, 7) is 7.65. The molecule has 1 atom stereocenters. The summed E-state index contributed by atoms with van der Waals surface area (Å²) in [5.41, 5.74) is 5.41. The van der Waals surface area contributed by atoms with Crippen LogP contribution in [0.4, 0.5) is 0 Å². The van der Waals surface area contributed by atoms with Gasteiger partial charge in [0.2, 0.25) is 0 Å². The summed E-state index contributed by atoms with van der Waals surface area (Å²) in [6.07, 6.45) is 16.8. The fourth-order valence-corrected chi connectivity index (χ4v) is 3.30. The molecule has 0 radical (unpaired) electrons. The van der Waals surface area contributed by atoms with E-state index in [4.69, 9.17) is 4.99 Å². The molecule has 1 heteroatoms. The highest BCUT2D eigenvalue weighted by Crippen LogP contribution is 2.20. The lowest BCUT2D eigenvalue weighted by Crippen LogP contribution is -2.07. The van der Waals surface area contributed by atoms with Gasteiger partial charge in [0.25, 0.3) is 0 Å². The average molecular weight is 338 g/mol. The second kappa shape index (κ2) is 11.1. The molecule has 0 amide bonds. The van der Waals surface area contributed by atoms with E-state index in [-0.39, 0.29) is 0 Å². The molecule has 0 saturated heterocycles. The van der Waals surface area contributed by atoms with Gasteiger partial charge in [-0.2, -0.15) is 0 Å². The molecular formula is C24H35N. The van der Waals surface area contributed by atoms with Crippen LogP contribution in [0.1, 0.15) is 76.8 Å². The lowest BCUT2D eigenvalue weighted by atomic mass is 9.94. The van der Waals surface area contributed by atoms with E-state index in [0.29, 0.717) is 5.92 Å². The van der Waals surface area contributed by atoms with Gasteiger partial charge in [-0.25, -0.2) is 0 Å². The van der Waals surface area contributed by atoms with Gasteiger partial charge in [0, 0.05) is 12.3 Å². The van der Waals surface area contributed by atoms with Crippen LogP contribution in [0.3, 0.4) is 0 Å². The van der Waals surface area contributed by atoms with Gasteiger partial charge in [-0.3, -0.25) is 4.99 Å². The van der Waals surface area contributed by atoms with Crippen molar-refractivity contribution >= 4 is 5.71 Å². The predicted molar refractivity (Wildman–Crippen MR) is 112 cm³/mol. The van der Waals surface area contributed by atoms with E-state index < -0.39 is 0 Å². The summed E-state index contributed by atoms with van der Waals surface area (Å²) in [5, 5.41) is 0. The summed E-state index contributed by atoms with van der Waals surface area (Å²) in [5.74, 6) is 0.690. The van der Waals surface area contributed by atoms with E-state index in [1.54, 1.807) is 0 Å². The molecule has 136 valence electrons. The summed E-state index contributed by atoms with van der Waals surface area (Å²) >= 11 is 0. The highest BCUT2D eigenvalue weighted by Gasteiger charge is 2.08. The number of benzene rings is 1. The van der Waals surface area contributed by atoms with E-state index in [1.807, 2.05) is 0 Å². The minimum Gasteiger partial charge on any atom is -0.289 e. The Kier molecular flexibility index (Phi) is 8.72. The van der Waals surface area contributed by atoms with Crippen LogP contribution in [0.5, 0.6) is 0 Å². The third-order valence-electron chi connectivity index (χ3n) is 5.27. The number of allylic oxidation sites excluding steroid dienone is 4. The van der Waals surface area contributed by atoms with Gasteiger partial charge in [0.05, 0.1) is 0 Å². The third-order valence-corrected chi connectivity index (χ3v) is 5.27. The Bertz CT molecular complexity index is 589. The van der Waals surface area contributed by atoms with Crippen molar-refractivity contribution in [3.63, 3.8) is 0 Å². The van der Waals surface area contributed by atoms with E-state index in [9.17, 15) is 0 Å². The van der Waals surface area contributed by atoms with Gasteiger partial charge in [-0.1, -0.05) is 74.8 Å². The fourth-order valence-electron chi connectivity index (χ4n) is 3.30. The van der Waals surface area contributed by atoms with Crippen LogP contribution in [0, 0.1) is 5.92 Å². The first-order chi connectivity index (χ1) is 12.2. The predicted octanol–water partition coefficient (Wildman–Crippen LogP) is 6.92. The lowest BCUT2D eigenvalue weighted by Gasteiger charge is -2.14. The van der Waals surface area contributed by atoms with Gasteiger partial charge in [0.1, 0.15) is 0 Å². The topological polar surface area (TPSA) is 12.4 Å². The number of unbranched alkanes of at least 4 members (excludes halogenated alkanes) is 1. The third kappa shape index (κ3) is 7.02. The molecule has 1 nitrogen and oxygen atoms in total. The zero-order valence-corrected chi connectivity index (χ0v) is 16.4. The molecule has 0 aliphatic heterocycles. The molecule has 1 unspecified atom stereocenters. The maximum absolute atomic E-state index is 4.90. The van der Waals surface area contributed by atoms with Crippen molar-refractivity contribution in [3.8, 4) is 0 Å². The SMILES string of the molecule is CCCCc1ccc(C(C)=NCC(CC)CCC2=CCCC=C2)cc1. The number of hydrogen-bond acceptors (Lipinski definition) is 1. The Morgan fingerprint density at radius 3 is 2.52 bits per heavy atom. The summed E-state index contributed by atoms with van der Waals surface area (Å²) in [7, 11) is 0. The Labute approximate surface area is 155 Å². The Morgan fingerprint density at radius 1 is 1.08 bits per heavy atom. The van der Waals surface area contributed by atoms with Crippen LogP contribution in [0.2, 0.25) is 0 Å². The Morgan fingerprint density at radius 2 is 1.88 bits per heavy atom. The lowest BCUT2D eigenvalue weighted by molar-refractivity contribution is 0.483. The summed E-state index contributed by atoms with van der Waals surface area (Å²) < 4.78 is 0. The van der Waals surface area contributed by atoms with Crippen molar-refractivity contribution in [1.82, 2.24) is 0 Å². The standard InChI is InChI=1S/C24H35N/c1-4-6-10-23-15-17-24(18-16-23)20(3)25-19-21(5-2)13-14-22-11-8-7-9-12-22/h8,11-12,15-18,21H,4-7,9-10,13-14,19H2,1-3H3. The largest absolute Gasteiger partial charge is 0.289 e. The molecule has 1 aliphatic rings. The maximum Gasteiger partial charge on any atom is 0.0420 e. The number of nitrogens with zero attached hydrogens (tertiary/aromatic N) is 1. The average Bonchev–Trinajstić information content (AvgIpc) is 2.67. The van der Waals surface area contributed by atoms with Crippen LogP contribution in [-0.4, -0.2) is 12.3 Å². The van der Waals surface area contributed by atoms with E-state index in [2.05, 4.69) is 63.3 Å².